The number of nitrogens with zero attached hydrogens (tertiary/aromatic N) is 3. The molecule has 28 heavy (non-hydrogen) atoms. The van der Waals surface area contributed by atoms with Gasteiger partial charge in [-0.1, -0.05) is 38.1 Å². The van der Waals surface area contributed by atoms with Crippen molar-refractivity contribution in [1.82, 2.24) is 15.5 Å². The molecule has 2 aromatic rings. The van der Waals surface area contributed by atoms with Gasteiger partial charge in [-0.2, -0.15) is 5.10 Å². The summed E-state index contributed by atoms with van der Waals surface area (Å²) >= 11 is 0. The smallest absolute Gasteiger partial charge is 0.231 e. The predicted octanol–water partition coefficient (Wildman–Crippen LogP) is 2.31. The molecule has 1 aromatic heterocycles. The molecule has 1 saturated carbocycles. The van der Waals surface area contributed by atoms with Crippen LogP contribution in [0.25, 0.3) is 0 Å². The summed E-state index contributed by atoms with van der Waals surface area (Å²) < 4.78 is 0. The number of benzene rings is 1. The van der Waals surface area contributed by atoms with Gasteiger partial charge in [-0.25, -0.2) is 0 Å². The summed E-state index contributed by atoms with van der Waals surface area (Å²) in [6.45, 7) is 7.20. The van der Waals surface area contributed by atoms with Crippen molar-refractivity contribution in [2.24, 2.45) is 0 Å². The van der Waals surface area contributed by atoms with Gasteiger partial charge in [-0.15, -0.1) is 5.10 Å². The van der Waals surface area contributed by atoms with Crippen LogP contribution in [0, 0.1) is 6.92 Å². The Kier molecular flexibility index (Phi) is 4.83. The highest BCUT2D eigenvalue weighted by Gasteiger charge is 2.52. The van der Waals surface area contributed by atoms with Crippen LogP contribution in [0.4, 0.5) is 5.82 Å². The van der Waals surface area contributed by atoms with E-state index in [1.165, 1.54) is 5.56 Å². The molecular formula is C22H28N4O2. The van der Waals surface area contributed by atoms with Crippen LogP contribution in [0.15, 0.2) is 36.4 Å². The quantitative estimate of drug-likeness (QED) is 0.832. The second kappa shape index (κ2) is 7.17. The summed E-state index contributed by atoms with van der Waals surface area (Å²) in [7, 11) is 0. The molecule has 2 fully saturated rings. The highest BCUT2D eigenvalue weighted by atomic mass is 16.3. The zero-order valence-electron chi connectivity index (χ0n) is 16.7. The summed E-state index contributed by atoms with van der Waals surface area (Å²) in [5.41, 5.74) is 2.77. The van der Waals surface area contributed by atoms with Gasteiger partial charge in [0.2, 0.25) is 5.91 Å². The number of aliphatic hydroxyl groups is 1. The fourth-order valence-electron chi connectivity index (χ4n) is 3.94. The molecule has 1 aliphatic heterocycles. The molecule has 2 N–H and O–H groups in total. The molecule has 2 atom stereocenters. The van der Waals surface area contributed by atoms with Crippen molar-refractivity contribution in [3.63, 3.8) is 0 Å². The molecule has 2 aliphatic rings. The predicted molar refractivity (Wildman–Crippen MR) is 108 cm³/mol. The highest BCUT2D eigenvalue weighted by molar-refractivity contribution is 5.91. The van der Waals surface area contributed by atoms with E-state index in [1.807, 2.05) is 24.0 Å². The minimum atomic E-state index is -0.619. The second-order valence-corrected chi connectivity index (χ2v) is 8.44. The molecule has 1 aromatic carbocycles. The Bertz CT molecular complexity index is 844. The van der Waals surface area contributed by atoms with E-state index >= 15 is 0 Å². The lowest BCUT2D eigenvalue weighted by Crippen LogP contribution is -2.47. The summed E-state index contributed by atoms with van der Waals surface area (Å²) in [6, 6.07) is 11.9. The number of anilines is 1. The molecule has 4 rings (SSSR count). The molecule has 0 unspecified atom stereocenters. The fraction of sp³-hybridized carbons (Fsp3) is 0.500. The minimum absolute atomic E-state index is 0.0192. The lowest BCUT2D eigenvalue weighted by molar-refractivity contribution is -0.124. The minimum Gasteiger partial charge on any atom is -0.389 e. The molecule has 0 radical (unpaired) electrons. The van der Waals surface area contributed by atoms with Gasteiger partial charge in [0, 0.05) is 13.1 Å². The van der Waals surface area contributed by atoms with Gasteiger partial charge in [0.15, 0.2) is 5.82 Å². The maximum absolute atomic E-state index is 13.1. The van der Waals surface area contributed by atoms with E-state index in [0.717, 1.165) is 29.9 Å². The van der Waals surface area contributed by atoms with Crippen LogP contribution < -0.4 is 10.2 Å². The van der Waals surface area contributed by atoms with Gasteiger partial charge >= 0.3 is 0 Å². The number of carbonyl (C=O) groups is 1. The van der Waals surface area contributed by atoms with Crippen LogP contribution in [0.1, 0.15) is 49.4 Å². The molecule has 1 amide bonds. The molecule has 6 nitrogen and oxygen atoms in total. The third-order valence-electron chi connectivity index (χ3n) is 6.03. The molecule has 0 spiro atoms. The number of aryl methyl sites for hydroxylation is 1. The van der Waals surface area contributed by atoms with Crippen LogP contribution in [-0.2, 0) is 10.2 Å². The van der Waals surface area contributed by atoms with Crippen molar-refractivity contribution in [1.29, 1.82) is 0 Å². The van der Waals surface area contributed by atoms with Crippen molar-refractivity contribution in [3.05, 3.63) is 53.2 Å². The Morgan fingerprint density at radius 1 is 1.14 bits per heavy atom. The maximum atomic E-state index is 13.1. The number of hydrogen-bond donors (Lipinski definition) is 2. The number of nitrogens with one attached hydrogen (secondary N) is 1. The number of β-amino-alcohol motifs (C(OH)–C–C–N with tert-alkyl or cyclic N) is 1. The number of carbonyl (C=O) groups excluding carboxylic acids is 1. The van der Waals surface area contributed by atoms with E-state index in [2.05, 4.69) is 53.6 Å². The van der Waals surface area contributed by atoms with Gasteiger partial charge in [0.25, 0.3) is 0 Å². The van der Waals surface area contributed by atoms with Crippen molar-refractivity contribution in [2.75, 3.05) is 18.0 Å². The summed E-state index contributed by atoms with van der Waals surface area (Å²) in [6.07, 6.45) is 1.09. The Hall–Kier alpha value is -2.47. The summed E-state index contributed by atoms with van der Waals surface area (Å²) in [4.78, 5) is 15.0. The molecule has 1 aliphatic carbocycles. The van der Waals surface area contributed by atoms with Gasteiger partial charge < -0.3 is 15.3 Å². The number of hydrogen-bond acceptors (Lipinski definition) is 5. The fourth-order valence-corrected chi connectivity index (χ4v) is 3.94. The first-order valence-corrected chi connectivity index (χ1v) is 10.0. The normalized spacial score (nSPS) is 23.1. The maximum Gasteiger partial charge on any atom is 0.231 e. The van der Waals surface area contributed by atoms with Gasteiger partial charge in [-0.3, -0.25) is 4.79 Å². The van der Waals surface area contributed by atoms with Crippen LogP contribution in [-0.4, -0.2) is 46.4 Å². The Morgan fingerprint density at radius 3 is 2.43 bits per heavy atom. The molecule has 148 valence electrons. The van der Waals surface area contributed by atoms with E-state index < -0.39 is 11.5 Å². The first-order valence-electron chi connectivity index (χ1n) is 10.0. The Balaban J connectivity index is 1.43. The monoisotopic (exact) mass is 380 g/mol. The standard InChI is InChI=1S/C22H28N4O2/c1-14(2)16-5-7-17(8-6-16)22(10-11-22)21(28)23-18-12-26(13-19(18)27)20-9-4-15(3)24-25-20/h4-9,14,18-19,27H,10-13H2,1-3H3,(H,23,28)/t18-,19+/m0/s1. The molecule has 6 heteroatoms. The number of amides is 1. The first kappa shape index (κ1) is 18.9. The van der Waals surface area contributed by atoms with Crippen molar-refractivity contribution in [2.45, 2.75) is 57.1 Å². The largest absolute Gasteiger partial charge is 0.389 e. The Labute approximate surface area is 166 Å². The number of aliphatic hydroxyl groups excluding tert-OH is 1. The third-order valence-corrected chi connectivity index (χ3v) is 6.03. The van der Waals surface area contributed by atoms with E-state index in [4.69, 9.17) is 0 Å². The van der Waals surface area contributed by atoms with Crippen molar-refractivity contribution >= 4 is 11.7 Å². The van der Waals surface area contributed by atoms with Crippen LogP contribution >= 0.6 is 0 Å². The zero-order chi connectivity index (χ0) is 19.9. The van der Waals surface area contributed by atoms with Gasteiger partial charge in [-0.05, 0) is 48.9 Å². The molecule has 0 bridgehead atoms. The van der Waals surface area contributed by atoms with Crippen LogP contribution in [0.2, 0.25) is 0 Å². The van der Waals surface area contributed by atoms with E-state index in [0.29, 0.717) is 19.0 Å². The SMILES string of the molecule is Cc1ccc(N2C[C@@H](O)[C@@H](NC(=O)C3(c4ccc(C(C)C)cc4)CC3)C2)nn1. The summed E-state index contributed by atoms with van der Waals surface area (Å²) in [5.74, 6) is 1.22. The van der Waals surface area contributed by atoms with Crippen LogP contribution in [0.5, 0.6) is 0 Å². The molecular weight excluding hydrogens is 352 g/mol. The lowest BCUT2D eigenvalue weighted by atomic mass is 9.92. The zero-order valence-corrected chi connectivity index (χ0v) is 16.7. The van der Waals surface area contributed by atoms with E-state index in [-0.39, 0.29) is 11.9 Å². The summed E-state index contributed by atoms with van der Waals surface area (Å²) in [5, 5.41) is 21.8. The topological polar surface area (TPSA) is 78.4 Å². The van der Waals surface area contributed by atoms with Crippen molar-refractivity contribution < 1.29 is 9.90 Å². The van der Waals surface area contributed by atoms with Crippen molar-refractivity contribution in [3.8, 4) is 0 Å². The van der Waals surface area contributed by atoms with E-state index in [9.17, 15) is 9.90 Å². The van der Waals surface area contributed by atoms with Gasteiger partial charge in [0.1, 0.15) is 0 Å². The van der Waals surface area contributed by atoms with E-state index in [1.54, 1.807) is 0 Å². The number of rotatable bonds is 5. The average Bonchev–Trinajstić information content (AvgIpc) is 3.42. The lowest BCUT2D eigenvalue weighted by Gasteiger charge is -2.22. The van der Waals surface area contributed by atoms with Gasteiger partial charge in [0.05, 0.1) is 23.3 Å². The highest BCUT2D eigenvalue weighted by Crippen LogP contribution is 2.48. The third kappa shape index (κ3) is 3.49. The molecule has 2 heterocycles. The first-order chi connectivity index (χ1) is 13.4. The number of aromatic nitrogens is 2. The Morgan fingerprint density at radius 2 is 1.86 bits per heavy atom. The van der Waals surface area contributed by atoms with Crippen LogP contribution in [0.3, 0.4) is 0 Å². The second-order valence-electron chi connectivity index (χ2n) is 8.44. The average molecular weight is 380 g/mol. The molecule has 1 saturated heterocycles.